The first kappa shape index (κ1) is 15.1. The van der Waals surface area contributed by atoms with Crippen molar-refractivity contribution >= 4 is 11.4 Å². The lowest BCUT2D eigenvalue weighted by molar-refractivity contribution is -0.0591. The molecule has 0 unspecified atom stereocenters. The molecule has 110 valence electrons. The molecular weight excluding hydrogens is 279 g/mol. The summed E-state index contributed by atoms with van der Waals surface area (Å²) in [6.45, 7) is 1.35. The van der Waals surface area contributed by atoms with Crippen LogP contribution in [0.4, 0.5) is 18.9 Å². The van der Waals surface area contributed by atoms with Crippen molar-refractivity contribution in [2.45, 2.75) is 19.7 Å². The maximum absolute atomic E-state index is 12.4. The Morgan fingerprint density at radius 3 is 2.19 bits per heavy atom. The molecule has 5 heteroatoms. The van der Waals surface area contributed by atoms with Crippen LogP contribution in [-0.2, 0) is 6.61 Å². The number of hydrogen-bond donors (Lipinski definition) is 0. The molecule has 2 rings (SSSR count). The summed E-state index contributed by atoms with van der Waals surface area (Å²) in [5.74, 6) is 0.586. The van der Waals surface area contributed by atoms with Crippen molar-refractivity contribution in [2.24, 2.45) is 4.99 Å². The summed E-state index contributed by atoms with van der Waals surface area (Å²) in [5, 5.41) is 0. The highest BCUT2D eigenvalue weighted by Gasteiger charge is 2.31. The van der Waals surface area contributed by atoms with Gasteiger partial charge in [0.25, 0.3) is 0 Å². The van der Waals surface area contributed by atoms with E-state index in [0.717, 1.165) is 12.5 Å². The Kier molecular flexibility index (Phi) is 4.62. The Morgan fingerprint density at radius 1 is 1.00 bits per heavy atom. The number of aliphatic imine (C=N–C) groups is 1. The summed E-state index contributed by atoms with van der Waals surface area (Å²) in [6.07, 6.45) is -4.40. The number of ether oxygens (including phenoxy) is 1. The predicted octanol–water partition coefficient (Wildman–Crippen LogP) is 4.92. The number of nitrogens with zero attached hydrogens (tertiary/aromatic N) is 1. The lowest BCUT2D eigenvalue weighted by Gasteiger charge is -2.07. The molecule has 0 saturated heterocycles. The maximum atomic E-state index is 12.4. The van der Waals surface area contributed by atoms with Crippen LogP contribution in [0.1, 0.15) is 12.5 Å². The first-order valence-corrected chi connectivity index (χ1v) is 6.34. The van der Waals surface area contributed by atoms with E-state index in [4.69, 9.17) is 4.74 Å². The molecule has 0 saturated carbocycles. The molecule has 0 aliphatic heterocycles. The van der Waals surface area contributed by atoms with Crippen LogP contribution in [0.5, 0.6) is 5.75 Å². The monoisotopic (exact) mass is 293 g/mol. The third kappa shape index (κ3) is 4.63. The second kappa shape index (κ2) is 6.43. The number of rotatable bonds is 4. The topological polar surface area (TPSA) is 21.6 Å². The second-order valence-electron chi connectivity index (χ2n) is 4.46. The first-order chi connectivity index (χ1) is 9.95. The molecule has 2 aromatic rings. The standard InChI is InChI=1S/C16H14F3NO/c1-12(16(17,18)19)20-14-7-9-15(10-8-14)21-11-13-5-3-2-4-6-13/h2-10H,11H2,1H3. The molecule has 0 atom stereocenters. The first-order valence-electron chi connectivity index (χ1n) is 6.34. The fraction of sp³-hybridized carbons (Fsp3) is 0.188. The van der Waals surface area contributed by atoms with E-state index in [1.165, 1.54) is 12.1 Å². The average Bonchev–Trinajstić information content (AvgIpc) is 2.46. The minimum absolute atomic E-state index is 0.247. The number of hydrogen-bond acceptors (Lipinski definition) is 2. The van der Waals surface area contributed by atoms with Crippen LogP contribution in [0, 0.1) is 0 Å². The average molecular weight is 293 g/mol. The van der Waals surface area contributed by atoms with Gasteiger partial charge in [0.1, 0.15) is 18.1 Å². The molecule has 21 heavy (non-hydrogen) atoms. The van der Waals surface area contributed by atoms with Crippen molar-refractivity contribution in [3.05, 3.63) is 60.2 Å². The summed E-state index contributed by atoms with van der Waals surface area (Å²) < 4.78 is 42.6. The van der Waals surface area contributed by atoms with E-state index in [-0.39, 0.29) is 5.69 Å². The highest BCUT2D eigenvalue weighted by molar-refractivity contribution is 5.89. The molecule has 2 aromatic carbocycles. The van der Waals surface area contributed by atoms with E-state index < -0.39 is 11.9 Å². The van der Waals surface area contributed by atoms with E-state index in [9.17, 15) is 13.2 Å². The largest absolute Gasteiger partial charge is 0.489 e. The van der Waals surface area contributed by atoms with Crippen LogP contribution in [0.2, 0.25) is 0 Å². The van der Waals surface area contributed by atoms with Gasteiger partial charge in [-0.1, -0.05) is 30.3 Å². The molecule has 0 amide bonds. The molecule has 0 fully saturated rings. The Bertz CT molecular complexity index is 604. The Balaban J connectivity index is 1.99. The zero-order chi connectivity index (χ0) is 15.3. The van der Waals surface area contributed by atoms with Crippen LogP contribution in [0.3, 0.4) is 0 Å². The van der Waals surface area contributed by atoms with Crippen LogP contribution >= 0.6 is 0 Å². The second-order valence-corrected chi connectivity index (χ2v) is 4.46. The SMILES string of the molecule is CC(=Nc1ccc(OCc2ccccc2)cc1)C(F)(F)F. The lowest BCUT2D eigenvalue weighted by Crippen LogP contribution is -2.18. The summed E-state index contributed by atoms with van der Waals surface area (Å²) in [4.78, 5) is 3.53. The van der Waals surface area contributed by atoms with Crippen LogP contribution in [0.15, 0.2) is 59.6 Å². The van der Waals surface area contributed by atoms with E-state index in [0.29, 0.717) is 12.4 Å². The van der Waals surface area contributed by atoms with E-state index in [2.05, 4.69) is 4.99 Å². The minimum atomic E-state index is -4.40. The van der Waals surface area contributed by atoms with Gasteiger partial charge in [-0.3, -0.25) is 0 Å². The fourth-order valence-corrected chi connectivity index (χ4v) is 1.61. The molecule has 0 heterocycles. The molecule has 0 aliphatic rings. The molecule has 0 aromatic heterocycles. The van der Waals surface area contributed by atoms with Gasteiger partial charge in [-0.05, 0) is 36.8 Å². The van der Waals surface area contributed by atoms with E-state index in [1.807, 2.05) is 30.3 Å². The van der Waals surface area contributed by atoms with Gasteiger partial charge in [-0.25, -0.2) is 4.99 Å². The van der Waals surface area contributed by atoms with Crippen molar-refractivity contribution in [2.75, 3.05) is 0 Å². The van der Waals surface area contributed by atoms with Crippen LogP contribution < -0.4 is 4.74 Å². The van der Waals surface area contributed by atoms with Crippen molar-refractivity contribution in [3.8, 4) is 5.75 Å². The van der Waals surface area contributed by atoms with Gasteiger partial charge in [0.15, 0.2) is 0 Å². The Hall–Kier alpha value is -2.30. The maximum Gasteiger partial charge on any atom is 0.429 e. The molecular formula is C16H14F3NO. The Labute approximate surface area is 120 Å². The number of halogens is 3. The van der Waals surface area contributed by atoms with E-state index >= 15 is 0 Å². The zero-order valence-electron chi connectivity index (χ0n) is 11.4. The summed E-state index contributed by atoms with van der Waals surface area (Å²) >= 11 is 0. The molecule has 0 bridgehead atoms. The van der Waals surface area contributed by atoms with Gasteiger partial charge in [0, 0.05) is 0 Å². The van der Waals surface area contributed by atoms with Crippen LogP contribution in [-0.4, -0.2) is 11.9 Å². The summed E-state index contributed by atoms with van der Waals surface area (Å²) in [5.41, 5.74) is 0.393. The molecule has 2 nitrogen and oxygen atoms in total. The predicted molar refractivity (Wildman–Crippen MR) is 76.0 cm³/mol. The van der Waals surface area contributed by atoms with Gasteiger partial charge in [0.05, 0.1) is 5.69 Å². The van der Waals surface area contributed by atoms with Gasteiger partial charge >= 0.3 is 6.18 Å². The van der Waals surface area contributed by atoms with E-state index in [1.54, 1.807) is 12.1 Å². The number of alkyl halides is 3. The van der Waals surface area contributed by atoms with Crippen molar-refractivity contribution in [1.82, 2.24) is 0 Å². The van der Waals surface area contributed by atoms with Crippen molar-refractivity contribution in [3.63, 3.8) is 0 Å². The summed E-state index contributed by atoms with van der Waals surface area (Å²) in [6, 6.07) is 15.8. The van der Waals surface area contributed by atoms with Gasteiger partial charge < -0.3 is 4.74 Å². The fourth-order valence-electron chi connectivity index (χ4n) is 1.61. The minimum Gasteiger partial charge on any atom is -0.489 e. The van der Waals surface area contributed by atoms with Crippen molar-refractivity contribution < 1.29 is 17.9 Å². The van der Waals surface area contributed by atoms with Gasteiger partial charge in [-0.2, -0.15) is 13.2 Å². The van der Waals surface area contributed by atoms with Crippen molar-refractivity contribution in [1.29, 1.82) is 0 Å². The molecule has 0 spiro atoms. The number of benzene rings is 2. The third-order valence-corrected chi connectivity index (χ3v) is 2.79. The van der Waals surface area contributed by atoms with Gasteiger partial charge in [-0.15, -0.1) is 0 Å². The smallest absolute Gasteiger partial charge is 0.429 e. The molecule has 0 radical (unpaired) electrons. The molecule has 0 N–H and O–H groups in total. The quantitative estimate of drug-likeness (QED) is 0.733. The third-order valence-electron chi connectivity index (χ3n) is 2.79. The van der Waals surface area contributed by atoms with Crippen LogP contribution in [0.25, 0.3) is 0 Å². The zero-order valence-corrected chi connectivity index (χ0v) is 11.4. The van der Waals surface area contributed by atoms with Gasteiger partial charge in [0.2, 0.25) is 0 Å². The lowest BCUT2D eigenvalue weighted by atomic mass is 10.2. The Morgan fingerprint density at radius 2 is 1.62 bits per heavy atom. The molecule has 0 aliphatic carbocycles. The normalized spacial score (nSPS) is 12.3. The highest BCUT2D eigenvalue weighted by atomic mass is 19.4. The summed E-state index contributed by atoms with van der Waals surface area (Å²) in [7, 11) is 0. The highest BCUT2D eigenvalue weighted by Crippen LogP contribution is 2.23.